The van der Waals surface area contributed by atoms with Gasteiger partial charge in [0.1, 0.15) is 0 Å². The minimum atomic E-state index is 1.05. The van der Waals surface area contributed by atoms with Gasteiger partial charge >= 0.3 is 92.4 Å². The van der Waals surface area contributed by atoms with Gasteiger partial charge in [-0.15, -0.1) is 0 Å². The molecule has 0 unspecified atom stereocenters. The zero-order valence-electron chi connectivity index (χ0n) is 9.39. The normalized spacial score (nSPS) is 11.3. The quantitative estimate of drug-likeness (QED) is 0.289. The maximum absolute atomic E-state index is 4.39. The van der Waals surface area contributed by atoms with Gasteiger partial charge < -0.3 is 0 Å². The van der Waals surface area contributed by atoms with Crippen molar-refractivity contribution in [3.8, 4) is 0 Å². The van der Waals surface area contributed by atoms with Gasteiger partial charge in [0.25, 0.3) is 0 Å². The van der Waals surface area contributed by atoms with Crippen LogP contribution in [0.15, 0.2) is 4.99 Å². The molecule has 0 saturated heterocycles. The third-order valence-corrected chi connectivity index (χ3v) is 2.21. The fraction of sp³-hybridized carbons (Fsp3) is 0.909. The molecule has 0 aliphatic heterocycles. The molecule has 0 rings (SSSR count). The van der Waals surface area contributed by atoms with E-state index in [2.05, 4.69) is 35.8 Å². The molecule has 0 N–H and O–H groups in total. The Morgan fingerprint density at radius 1 is 1.08 bits per heavy atom. The van der Waals surface area contributed by atoms with Crippen molar-refractivity contribution >= 4 is 23.9 Å². The second-order valence-corrected chi connectivity index (χ2v) is 3.65. The van der Waals surface area contributed by atoms with Crippen LogP contribution in [0.4, 0.5) is 0 Å². The van der Waals surface area contributed by atoms with Crippen molar-refractivity contribution in [2.75, 3.05) is 6.54 Å². The van der Waals surface area contributed by atoms with Gasteiger partial charge in [-0.3, -0.25) is 0 Å². The van der Waals surface area contributed by atoms with Crippen LogP contribution in [0.25, 0.3) is 0 Å². The molecule has 1 nitrogen and oxygen atoms in total. The van der Waals surface area contributed by atoms with Gasteiger partial charge in [0.05, 0.1) is 0 Å². The van der Waals surface area contributed by atoms with Gasteiger partial charge in [-0.25, -0.2) is 0 Å². The monoisotopic (exact) mass is 175 g/mol. The Labute approximate surface area is 92.6 Å². The fourth-order valence-corrected chi connectivity index (χ4v) is 1.30. The summed E-state index contributed by atoms with van der Waals surface area (Å²) < 4.78 is 0. The van der Waals surface area contributed by atoms with Crippen molar-refractivity contribution in [1.82, 2.24) is 0 Å². The molecule has 0 atom stereocenters. The van der Waals surface area contributed by atoms with Gasteiger partial charge in [-0.1, -0.05) is 0 Å². The van der Waals surface area contributed by atoms with Crippen molar-refractivity contribution < 1.29 is 0 Å². The van der Waals surface area contributed by atoms with E-state index in [1.54, 1.807) is 0 Å². The summed E-state index contributed by atoms with van der Waals surface area (Å²) in [7, 11) is 0. The van der Waals surface area contributed by atoms with Gasteiger partial charge in [-0.2, -0.15) is 0 Å². The minimum absolute atomic E-state index is 1.05. The van der Waals surface area contributed by atoms with Crippen molar-refractivity contribution in [1.29, 1.82) is 0 Å². The average molecular weight is 175 g/mol. The molecule has 72 valence electrons. The predicted octanol–water partition coefficient (Wildman–Crippen LogP) is 3.39. The molecule has 0 aliphatic rings. The fourth-order valence-electron chi connectivity index (χ4n) is 1.30. The first-order valence-corrected chi connectivity index (χ1v) is 5.90. The number of unbranched alkanes of at least 4 members (excludes halogenated alkanes) is 5. The predicted molar refractivity (Wildman–Crippen MR) is 61.9 cm³/mol. The number of aliphatic imine (C=N–C) groups is 1. The van der Waals surface area contributed by atoms with Gasteiger partial charge in [0.15, 0.2) is 0 Å². The molecule has 0 aliphatic carbocycles. The molecule has 0 bridgehead atoms. The van der Waals surface area contributed by atoms with Gasteiger partial charge in [0.2, 0.25) is 0 Å². The van der Waals surface area contributed by atoms with Crippen molar-refractivity contribution in [2.24, 2.45) is 4.99 Å². The van der Waals surface area contributed by atoms with Crippen LogP contribution >= 0.6 is 0 Å². The SMILES string of the molecule is [Li][CH2]CCCC=NCCCCCC. The molecular formula is C11H22LiN. The van der Waals surface area contributed by atoms with Crippen LogP contribution in [-0.4, -0.2) is 30.5 Å². The third kappa shape index (κ3) is 12.3. The zero-order chi connectivity index (χ0) is 9.78. The summed E-state index contributed by atoms with van der Waals surface area (Å²) in [6, 6.07) is 0. The summed E-state index contributed by atoms with van der Waals surface area (Å²) in [6.07, 6.45) is 11.3. The molecule has 0 aromatic rings. The van der Waals surface area contributed by atoms with E-state index in [9.17, 15) is 0 Å². The summed E-state index contributed by atoms with van der Waals surface area (Å²) in [5.41, 5.74) is 0. The second kappa shape index (κ2) is 12.3. The van der Waals surface area contributed by atoms with Gasteiger partial charge in [0, 0.05) is 0 Å². The molecule has 0 aromatic heterocycles. The van der Waals surface area contributed by atoms with E-state index in [1.165, 1.54) is 50.0 Å². The molecule has 0 radical (unpaired) electrons. The first-order chi connectivity index (χ1) is 6.41. The number of rotatable bonds is 9. The number of hydrogen-bond acceptors (Lipinski definition) is 1. The molecule has 0 aromatic carbocycles. The summed E-state index contributed by atoms with van der Waals surface area (Å²) in [5.74, 6) is 0. The molecule has 0 saturated carbocycles. The van der Waals surface area contributed by atoms with Crippen LogP contribution in [0, 0.1) is 0 Å². The van der Waals surface area contributed by atoms with E-state index in [0.717, 1.165) is 6.54 Å². The Balaban J connectivity index is 2.95. The Morgan fingerprint density at radius 3 is 2.62 bits per heavy atom. The van der Waals surface area contributed by atoms with E-state index >= 15 is 0 Å². The van der Waals surface area contributed by atoms with Crippen LogP contribution in [0.1, 0.15) is 51.9 Å². The molecular weight excluding hydrogens is 153 g/mol. The zero-order valence-corrected chi connectivity index (χ0v) is 9.39. The second-order valence-electron chi connectivity index (χ2n) is 3.65. The molecule has 0 amide bonds. The van der Waals surface area contributed by atoms with E-state index in [1.807, 2.05) is 0 Å². The maximum atomic E-state index is 4.39. The molecule has 0 spiro atoms. The Morgan fingerprint density at radius 2 is 1.92 bits per heavy atom. The summed E-state index contributed by atoms with van der Waals surface area (Å²) in [5, 5.41) is 1.31. The Kier molecular flexibility index (Phi) is 12.5. The topological polar surface area (TPSA) is 12.4 Å². The van der Waals surface area contributed by atoms with Crippen molar-refractivity contribution in [2.45, 2.75) is 57.0 Å². The van der Waals surface area contributed by atoms with Crippen LogP contribution in [-0.2, 0) is 0 Å². The number of nitrogens with zero attached hydrogens (tertiary/aromatic N) is 1. The van der Waals surface area contributed by atoms with Crippen molar-refractivity contribution in [3.05, 3.63) is 0 Å². The van der Waals surface area contributed by atoms with Crippen molar-refractivity contribution in [3.63, 3.8) is 0 Å². The van der Waals surface area contributed by atoms with Crippen LogP contribution in [0.3, 0.4) is 0 Å². The van der Waals surface area contributed by atoms with E-state index < -0.39 is 0 Å². The molecule has 0 fully saturated rings. The van der Waals surface area contributed by atoms with E-state index in [-0.39, 0.29) is 0 Å². The van der Waals surface area contributed by atoms with Crippen LogP contribution in [0.2, 0.25) is 5.09 Å². The molecule has 0 heterocycles. The first-order valence-electron chi connectivity index (χ1n) is 5.90. The average Bonchev–Trinajstić information content (AvgIpc) is 2.16. The molecule has 13 heavy (non-hydrogen) atoms. The summed E-state index contributed by atoms with van der Waals surface area (Å²) in [4.78, 5) is 4.39. The van der Waals surface area contributed by atoms with E-state index in [4.69, 9.17) is 0 Å². The van der Waals surface area contributed by atoms with E-state index in [0.29, 0.717) is 0 Å². The number of hydrogen-bond donors (Lipinski definition) is 0. The summed E-state index contributed by atoms with van der Waals surface area (Å²) >= 11 is 2.24. The van der Waals surface area contributed by atoms with Crippen LogP contribution in [0.5, 0.6) is 0 Å². The third-order valence-electron chi connectivity index (χ3n) is 2.21. The Hall–Kier alpha value is 0.267. The van der Waals surface area contributed by atoms with Crippen LogP contribution < -0.4 is 0 Å². The Bertz CT molecular complexity index is 113. The van der Waals surface area contributed by atoms with Gasteiger partial charge in [-0.05, 0) is 0 Å². The first kappa shape index (κ1) is 13.3. The summed E-state index contributed by atoms with van der Waals surface area (Å²) in [6.45, 7) is 3.29. The molecule has 2 heteroatoms. The standard InChI is InChI=1S/C11H22N.Li/c1-3-5-7-9-11-12-10-8-6-4-2;/h10H,2-9,11H2,1H3;.